The van der Waals surface area contributed by atoms with Gasteiger partial charge in [-0.15, -0.1) is 0 Å². The summed E-state index contributed by atoms with van der Waals surface area (Å²) in [7, 11) is -1.90. The van der Waals surface area contributed by atoms with E-state index in [9.17, 15) is 8.42 Å². The fraction of sp³-hybridized carbons (Fsp3) is 0.267. The Kier molecular flexibility index (Phi) is 4.20. The molecule has 3 aromatic heterocycles. The first-order chi connectivity index (χ1) is 11.4. The lowest BCUT2D eigenvalue weighted by atomic mass is 10.2. The maximum atomic E-state index is 12.4. The number of sulfonamides is 1. The van der Waals surface area contributed by atoms with Gasteiger partial charge in [0, 0.05) is 25.0 Å². The Morgan fingerprint density at radius 1 is 1.25 bits per heavy atom. The largest absolute Gasteiger partial charge is 0.360 e. The first-order valence-electron chi connectivity index (χ1n) is 7.24. The molecule has 24 heavy (non-hydrogen) atoms. The van der Waals surface area contributed by atoms with Crippen LogP contribution in [0.5, 0.6) is 0 Å². The van der Waals surface area contributed by atoms with Crippen molar-refractivity contribution in [3.8, 4) is 11.3 Å². The highest BCUT2D eigenvalue weighted by atomic mass is 32.2. The van der Waals surface area contributed by atoms with Crippen LogP contribution in [-0.4, -0.2) is 28.3 Å². The Balaban J connectivity index is 1.81. The highest BCUT2D eigenvalue weighted by Gasteiger charge is 2.24. The molecule has 9 heteroatoms. The maximum Gasteiger partial charge on any atom is 0.246 e. The molecule has 0 fully saturated rings. The summed E-state index contributed by atoms with van der Waals surface area (Å²) in [6.07, 6.45) is 3.39. The third kappa shape index (κ3) is 3.08. The number of nitrogens with one attached hydrogen (secondary N) is 1. The van der Waals surface area contributed by atoms with Gasteiger partial charge in [0.25, 0.3) is 0 Å². The van der Waals surface area contributed by atoms with Crippen LogP contribution in [-0.2, 0) is 23.6 Å². The second-order valence-electron chi connectivity index (χ2n) is 5.36. The van der Waals surface area contributed by atoms with E-state index < -0.39 is 10.0 Å². The van der Waals surface area contributed by atoms with Crippen LogP contribution in [0.2, 0.25) is 0 Å². The number of aryl methyl sites for hydroxylation is 3. The van der Waals surface area contributed by atoms with E-state index in [0.717, 1.165) is 11.3 Å². The van der Waals surface area contributed by atoms with Crippen molar-refractivity contribution >= 4 is 10.0 Å². The molecule has 3 heterocycles. The first-order valence-corrected chi connectivity index (χ1v) is 8.72. The maximum absolute atomic E-state index is 12.4. The number of hydrogen-bond donors (Lipinski definition) is 1. The fourth-order valence-corrected chi connectivity index (χ4v) is 3.83. The molecule has 0 saturated carbocycles. The number of rotatable bonds is 5. The number of nitrogens with zero attached hydrogens (tertiary/aromatic N) is 4. The van der Waals surface area contributed by atoms with Crippen LogP contribution < -0.4 is 4.72 Å². The number of pyridine rings is 1. The number of aromatic nitrogens is 4. The molecule has 0 aliphatic heterocycles. The molecule has 0 saturated heterocycles. The molecule has 3 aromatic rings. The van der Waals surface area contributed by atoms with E-state index in [0.29, 0.717) is 11.4 Å². The third-order valence-electron chi connectivity index (χ3n) is 3.59. The van der Waals surface area contributed by atoms with Gasteiger partial charge in [0.15, 0.2) is 5.76 Å². The second kappa shape index (κ2) is 6.17. The lowest BCUT2D eigenvalue weighted by molar-refractivity contribution is 0.390. The highest BCUT2D eigenvalue weighted by Crippen LogP contribution is 2.21. The van der Waals surface area contributed by atoms with Gasteiger partial charge >= 0.3 is 0 Å². The van der Waals surface area contributed by atoms with Gasteiger partial charge in [-0.2, -0.15) is 5.10 Å². The SMILES string of the molecule is Cc1noc(C)c1S(=O)(=O)NCc1cc(-c2ccncc2)n(C)n1. The molecule has 0 spiro atoms. The molecular formula is C15H17N5O3S. The predicted octanol–water partition coefficient (Wildman–Crippen LogP) is 1.57. The van der Waals surface area contributed by atoms with Crippen molar-refractivity contribution in [3.05, 3.63) is 47.7 Å². The van der Waals surface area contributed by atoms with Crippen molar-refractivity contribution < 1.29 is 12.9 Å². The van der Waals surface area contributed by atoms with E-state index in [4.69, 9.17) is 4.52 Å². The van der Waals surface area contributed by atoms with Gasteiger partial charge in [-0.05, 0) is 32.0 Å². The van der Waals surface area contributed by atoms with Crippen molar-refractivity contribution in [1.82, 2.24) is 24.6 Å². The molecule has 0 aliphatic rings. The van der Waals surface area contributed by atoms with Gasteiger partial charge in [-0.3, -0.25) is 9.67 Å². The van der Waals surface area contributed by atoms with Crippen molar-refractivity contribution in [2.45, 2.75) is 25.3 Å². The van der Waals surface area contributed by atoms with Gasteiger partial charge < -0.3 is 4.52 Å². The Hall–Kier alpha value is -2.52. The molecule has 0 radical (unpaired) electrons. The lowest BCUT2D eigenvalue weighted by Crippen LogP contribution is -2.24. The van der Waals surface area contributed by atoms with Gasteiger partial charge in [-0.25, -0.2) is 13.1 Å². The van der Waals surface area contributed by atoms with Crippen LogP contribution in [0.25, 0.3) is 11.3 Å². The zero-order chi connectivity index (χ0) is 17.3. The quantitative estimate of drug-likeness (QED) is 0.751. The van der Waals surface area contributed by atoms with Crippen molar-refractivity contribution in [2.75, 3.05) is 0 Å². The van der Waals surface area contributed by atoms with E-state index in [1.165, 1.54) is 0 Å². The molecule has 0 bridgehead atoms. The van der Waals surface area contributed by atoms with Gasteiger partial charge in [0.2, 0.25) is 10.0 Å². The summed E-state index contributed by atoms with van der Waals surface area (Å²) < 4.78 is 34.0. The summed E-state index contributed by atoms with van der Waals surface area (Å²) in [5, 5.41) is 8.02. The molecule has 8 nitrogen and oxygen atoms in total. The van der Waals surface area contributed by atoms with Gasteiger partial charge in [0.1, 0.15) is 10.6 Å². The van der Waals surface area contributed by atoms with Crippen LogP contribution in [0.1, 0.15) is 17.1 Å². The summed E-state index contributed by atoms with van der Waals surface area (Å²) in [5.41, 5.74) is 2.78. The standard InChI is InChI=1S/C15H17N5O3S/c1-10-15(11(2)23-19-10)24(21,22)17-9-13-8-14(20(3)18-13)12-4-6-16-7-5-12/h4-8,17H,9H2,1-3H3. The molecule has 0 aromatic carbocycles. The van der Waals surface area contributed by atoms with Crippen molar-refractivity contribution in [1.29, 1.82) is 0 Å². The minimum Gasteiger partial charge on any atom is -0.360 e. The summed E-state index contributed by atoms with van der Waals surface area (Å²) in [4.78, 5) is 4.06. The Morgan fingerprint density at radius 3 is 2.58 bits per heavy atom. The van der Waals surface area contributed by atoms with E-state index in [-0.39, 0.29) is 17.2 Å². The van der Waals surface area contributed by atoms with E-state index >= 15 is 0 Å². The predicted molar refractivity (Wildman–Crippen MR) is 86.4 cm³/mol. The summed E-state index contributed by atoms with van der Waals surface area (Å²) >= 11 is 0. The molecule has 0 amide bonds. The Labute approximate surface area is 139 Å². The molecule has 0 aliphatic carbocycles. The zero-order valence-electron chi connectivity index (χ0n) is 13.5. The third-order valence-corrected chi connectivity index (χ3v) is 5.23. The number of hydrogen-bond acceptors (Lipinski definition) is 6. The minimum absolute atomic E-state index is 0.0747. The van der Waals surface area contributed by atoms with E-state index in [1.54, 1.807) is 30.9 Å². The van der Waals surface area contributed by atoms with Crippen LogP contribution in [0, 0.1) is 13.8 Å². The molecule has 0 atom stereocenters. The van der Waals surface area contributed by atoms with E-state index in [2.05, 4.69) is 20.0 Å². The van der Waals surface area contributed by atoms with Crippen LogP contribution in [0.15, 0.2) is 40.0 Å². The smallest absolute Gasteiger partial charge is 0.246 e. The zero-order valence-corrected chi connectivity index (χ0v) is 14.3. The minimum atomic E-state index is -3.71. The molecule has 1 N–H and O–H groups in total. The Morgan fingerprint density at radius 2 is 1.96 bits per heavy atom. The summed E-state index contributed by atoms with van der Waals surface area (Å²) in [5.74, 6) is 0.262. The topological polar surface area (TPSA) is 103 Å². The summed E-state index contributed by atoms with van der Waals surface area (Å²) in [6, 6.07) is 5.58. The molecule has 3 rings (SSSR count). The molecule has 0 unspecified atom stereocenters. The van der Waals surface area contributed by atoms with E-state index in [1.807, 2.05) is 25.2 Å². The average molecular weight is 347 g/mol. The van der Waals surface area contributed by atoms with Crippen LogP contribution in [0.4, 0.5) is 0 Å². The van der Waals surface area contributed by atoms with Gasteiger partial charge in [-0.1, -0.05) is 5.16 Å². The lowest BCUT2D eigenvalue weighted by Gasteiger charge is -2.04. The normalized spacial score (nSPS) is 11.8. The fourth-order valence-electron chi connectivity index (χ4n) is 2.51. The van der Waals surface area contributed by atoms with Crippen molar-refractivity contribution in [2.24, 2.45) is 7.05 Å². The van der Waals surface area contributed by atoms with Crippen molar-refractivity contribution in [3.63, 3.8) is 0 Å². The second-order valence-corrected chi connectivity index (χ2v) is 7.06. The Bertz CT molecular complexity index is 941. The van der Waals surface area contributed by atoms with Gasteiger partial charge in [0.05, 0.1) is 17.9 Å². The van der Waals surface area contributed by atoms with Crippen LogP contribution >= 0.6 is 0 Å². The first kappa shape index (κ1) is 16.3. The molecular weight excluding hydrogens is 330 g/mol. The average Bonchev–Trinajstić information content (AvgIpc) is 3.09. The van der Waals surface area contributed by atoms with Crippen LogP contribution in [0.3, 0.4) is 0 Å². The highest BCUT2D eigenvalue weighted by molar-refractivity contribution is 7.89. The summed E-state index contributed by atoms with van der Waals surface area (Å²) in [6.45, 7) is 3.23. The monoisotopic (exact) mass is 347 g/mol. The molecule has 126 valence electrons.